The van der Waals surface area contributed by atoms with E-state index >= 15 is 0 Å². The van der Waals surface area contributed by atoms with Gasteiger partial charge >= 0.3 is 0 Å². The predicted molar refractivity (Wildman–Crippen MR) is 114 cm³/mol. The molecular weight excluding hydrogens is 376 g/mol. The van der Waals surface area contributed by atoms with E-state index in [-0.39, 0.29) is 29.6 Å². The van der Waals surface area contributed by atoms with Gasteiger partial charge in [0.05, 0.1) is 11.8 Å². The van der Waals surface area contributed by atoms with Crippen molar-refractivity contribution in [3.63, 3.8) is 0 Å². The summed E-state index contributed by atoms with van der Waals surface area (Å²) in [6.07, 6.45) is 8.44. The number of allylic oxidation sites excluding steroid dienone is 2. The number of nitrogens with one attached hydrogen (secondary N) is 1. The maximum absolute atomic E-state index is 12.9. The van der Waals surface area contributed by atoms with Gasteiger partial charge in [0.15, 0.2) is 0 Å². The first-order valence-electron chi connectivity index (χ1n) is 11.4. The summed E-state index contributed by atoms with van der Waals surface area (Å²) < 4.78 is 0. The van der Waals surface area contributed by atoms with Crippen LogP contribution < -0.4 is 5.32 Å². The Morgan fingerprint density at radius 2 is 1.67 bits per heavy atom. The van der Waals surface area contributed by atoms with Gasteiger partial charge in [-0.1, -0.05) is 30.7 Å². The van der Waals surface area contributed by atoms with Crippen LogP contribution in [0.5, 0.6) is 0 Å². The number of carbonyl (C=O) groups excluding carboxylic acids is 3. The van der Waals surface area contributed by atoms with Crippen LogP contribution in [0.2, 0.25) is 0 Å². The highest BCUT2D eigenvalue weighted by Crippen LogP contribution is 2.65. The SMILES string of the molecule is Cc1ccc(C)c(NC(=O)CCCCCN2C(=O)C3C4C=CC(C5CC45)C3C2=O)c1. The van der Waals surface area contributed by atoms with Gasteiger partial charge in [0.2, 0.25) is 17.7 Å². The molecule has 3 fully saturated rings. The standard InChI is InChI=1S/C25H30N2O3/c1-14-7-8-15(2)20(12-14)26-21(28)6-4-3-5-11-27-24(29)22-16-9-10-17(19-13-18(16)19)23(22)25(27)30/h7-10,12,16-19,22-23H,3-6,11,13H2,1-2H3,(H,26,28). The highest BCUT2D eigenvalue weighted by molar-refractivity contribution is 6.06. The highest BCUT2D eigenvalue weighted by atomic mass is 16.2. The van der Waals surface area contributed by atoms with Crippen molar-refractivity contribution in [2.24, 2.45) is 35.5 Å². The summed E-state index contributed by atoms with van der Waals surface area (Å²) in [5.74, 6) is 1.82. The minimum Gasteiger partial charge on any atom is -0.326 e. The van der Waals surface area contributed by atoms with E-state index in [1.165, 1.54) is 11.3 Å². The molecule has 5 nitrogen and oxygen atoms in total. The molecule has 0 aromatic heterocycles. The molecule has 6 rings (SSSR count). The lowest BCUT2D eigenvalue weighted by atomic mass is 9.63. The molecule has 5 aliphatic rings. The van der Waals surface area contributed by atoms with E-state index in [9.17, 15) is 14.4 Å². The average molecular weight is 407 g/mol. The average Bonchev–Trinajstić information content (AvgIpc) is 3.50. The molecule has 1 N–H and O–H groups in total. The number of likely N-dealkylation sites (tertiary alicyclic amines) is 1. The molecule has 1 aromatic rings. The molecule has 30 heavy (non-hydrogen) atoms. The lowest BCUT2D eigenvalue weighted by molar-refractivity contribution is -0.140. The lowest BCUT2D eigenvalue weighted by Crippen LogP contribution is -2.40. The van der Waals surface area contributed by atoms with Crippen molar-refractivity contribution in [2.75, 3.05) is 11.9 Å². The van der Waals surface area contributed by atoms with E-state index in [1.54, 1.807) is 0 Å². The smallest absolute Gasteiger partial charge is 0.233 e. The Bertz CT molecular complexity index is 900. The second-order valence-electron chi connectivity index (χ2n) is 9.66. The third kappa shape index (κ3) is 3.19. The molecule has 5 heteroatoms. The molecule has 6 unspecified atom stereocenters. The summed E-state index contributed by atoms with van der Waals surface area (Å²) in [5.41, 5.74) is 3.05. The second kappa shape index (κ2) is 7.36. The number of rotatable bonds is 7. The van der Waals surface area contributed by atoms with Crippen molar-refractivity contribution in [2.45, 2.75) is 46.0 Å². The molecule has 6 atom stereocenters. The van der Waals surface area contributed by atoms with Crippen molar-refractivity contribution in [3.05, 3.63) is 41.5 Å². The molecular formula is C25H30N2O3. The quantitative estimate of drug-likeness (QED) is 0.425. The van der Waals surface area contributed by atoms with E-state index in [4.69, 9.17) is 0 Å². The highest BCUT2D eigenvalue weighted by Gasteiger charge is 2.66. The van der Waals surface area contributed by atoms with E-state index in [1.807, 2.05) is 32.0 Å². The monoisotopic (exact) mass is 406 g/mol. The molecule has 2 saturated carbocycles. The minimum atomic E-state index is -0.0976. The number of hydrogen-bond acceptors (Lipinski definition) is 3. The summed E-state index contributed by atoms with van der Waals surface area (Å²) in [5, 5.41) is 2.99. The van der Waals surface area contributed by atoms with Crippen LogP contribution in [0, 0.1) is 49.4 Å². The van der Waals surface area contributed by atoms with Crippen LogP contribution in [0.3, 0.4) is 0 Å². The first kappa shape index (κ1) is 19.5. The molecule has 2 bridgehead atoms. The molecule has 0 spiro atoms. The summed E-state index contributed by atoms with van der Waals surface area (Å²) in [4.78, 5) is 39.7. The number of amides is 3. The zero-order chi connectivity index (χ0) is 21.0. The number of benzene rings is 1. The van der Waals surface area contributed by atoms with Crippen LogP contribution >= 0.6 is 0 Å². The molecule has 4 aliphatic carbocycles. The van der Waals surface area contributed by atoms with Gasteiger partial charge in [-0.3, -0.25) is 19.3 Å². The van der Waals surface area contributed by atoms with E-state index < -0.39 is 0 Å². The topological polar surface area (TPSA) is 66.5 Å². The molecule has 1 saturated heterocycles. The zero-order valence-corrected chi connectivity index (χ0v) is 17.8. The van der Waals surface area contributed by atoms with Crippen molar-refractivity contribution < 1.29 is 14.4 Å². The molecule has 0 radical (unpaired) electrons. The van der Waals surface area contributed by atoms with E-state index in [0.29, 0.717) is 36.6 Å². The van der Waals surface area contributed by atoms with Crippen LogP contribution in [0.25, 0.3) is 0 Å². The van der Waals surface area contributed by atoms with Crippen LogP contribution in [-0.4, -0.2) is 29.2 Å². The van der Waals surface area contributed by atoms with Crippen LogP contribution in [-0.2, 0) is 14.4 Å². The fourth-order valence-electron chi connectivity index (χ4n) is 6.05. The number of hydrogen-bond donors (Lipinski definition) is 1. The second-order valence-corrected chi connectivity index (χ2v) is 9.66. The van der Waals surface area contributed by atoms with Crippen molar-refractivity contribution >= 4 is 23.4 Å². The van der Waals surface area contributed by atoms with Gasteiger partial charge < -0.3 is 5.32 Å². The summed E-state index contributed by atoms with van der Waals surface area (Å²) in [6.45, 7) is 4.50. The summed E-state index contributed by atoms with van der Waals surface area (Å²) in [6, 6.07) is 6.04. The Hall–Kier alpha value is -2.43. The van der Waals surface area contributed by atoms with Gasteiger partial charge in [-0.15, -0.1) is 0 Å². The van der Waals surface area contributed by atoms with Crippen molar-refractivity contribution in [1.82, 2.24) is 4.90 Å². The van der Waals surface area contributed by atoms with Gasteiger partial charge in [-0.05, 0) is 74.0 Å². The normalized spacial score (nSPS) is 32.9. The van der Waals surface area contributed by atoms with Crippen molar-refractivity contribution in [1.29, 1.82) is 0 Å². The lowest BCUT2D eigenvalue weighted by Gasteiger charge is -2.37. The maximum atomic E-state index is 12.9. The minimum absolute atomic E-state index is 0.0184. The first-order valence-corrected chi connectivity index (χ1v) is 11.4. The summed E-state index contributed by atoms with van der Waals surface area (Å²) >= 11 is 0. The van der Waals surface area contributed by atoms with E-state index in [0.717, 1.165) is 36.1 Å². The van der Waals surface area contributed by atoms with Gasteiger partial charge in [0.1, 0.15) is 0 Å². The van der Waals surface area contributed by atoms with Gasteiger partial charge in [-0.25, -0.2) is 0 Å². The third-order valence-corrected chi connectivity index (χ3v) is 7.71. The zero-order valence-electron chi connectivity index (χ0n) is 17.8. The number of aryl methyl sites for hydroxylation is 2. The molecule has 158 valence electrons. The maximum Gasteiger partial charge on any atom is 0.233 e. The molecule has 1 aromatic carbocycles. The number of anilines is 1. The fraction of sp³-hybridized carbons (Fsp3) is 0.560. The fourth-order valence-corrected chi connectivity index (χ4v) is 6.05. The van der Waals surface area contributed by atoms with Gasteiger partial charge in [0.25, 0.3) is 0 Å². The van der Waals surface area contributed by atoms with Gasteiger partial charge in [-0.2, -0.15) is 0 Å². The van der Waals surface area contributed by atoms with E-state index in [2.05, 4.69) is 17.5 Å². The number of imide groups is 1. The Morgan fingerprint density at radius 3 is 2.33 bits per heavy atom. The Kier molecular flexibility index (Phi) is 4.79. The first-order chi connectivity index (χ1) is 14.5. The predicted octanol–water partition coefficient (Wildman–Crippen LogP) is 3.86. The number of unbranched alkanes of at least 4 members (excludes halogenated alkanes) is 2. The molecule has 1 aliphatic heterocycles. The Morgan fingerprint density at radius 1 is 1.00 bits per heavy atom. The van der Waals surface area contributed by atoms with Crippen molar-refractivity contribution in [3.8, 4) is 0 Å². The van der Waals surface area contributed by atoms with Crippen LogP contribution in [0.15, 0.2) is 30.4 Å². The Labute approximate surface area is 177 Å². The van der Waals surface area contributed by atoms with Crippen LogP contribution in [0.1, 0.15) is 43.2 Å². The summed E-state index contributed by atoms with van der Waals surface area (Å²) in [7, 11) is 0. The Balaban J connectivity index is 1.08. The van der Waals surface area contributed by atoms with Crippen LogP contribution in [0.4, 0.5) is 5.69 Å². The number of nitrogens with zero attached hydrogens (tertiary/aromatic N) is 1. The third-order valence-electron chi connectivity index (χ3n) is 7.71. The molecule has 1 heterocycles. The largest absolute Gasteiger partial charge is 0.326 e. The number of carbonyl (C=O) groups is 3. The van der Waals surface area contributed by atoms with Gasteiger partial charge in [0, 0.05) is 18.7 Å². The molecule has 3 amide bonds.